The quantitative estimate of drug-likeness (QED) is 0.711. The standard InChI is InChI=1S/C19H27ClN2O4/c1-3-11-26-18-15(20)12-14(13-16(18)25-4-2)19(24)21-8-7-17(23)22-9-5-6-10-22/h12-13H,3-11H2,1-2H3,(H,21,24). The molecule has 0 radical (unpaired) electrons. The lowest BCUT2D eigenvalue weighted by Gasteiger charge is -2.16. The van der Waals surface area contributed by atoms with Gasteiger partial charge in [0, 0.05) is 31.6 Å². The van der Waals surface area contributed by atoms with Gasteiger partial charge in [0.2, 0.25) is 5.91 Å². The average Bonchev–Trinajstić information content (AvgIpc) is 3.15. The lowest BCUT2D eigenvalue weighted by molar-refractivity contribution is -0.129. The van der Waals surface area contributed by atoms with Crippen LogP contribution in [0.2, 0.25) is 5.02 Å². The van der Waals surface area contributed by atoms with Crippen molar-refractivity contribution in [2.24, 2.45) is 0 Å². The first kappa shape index (κ1) is 20.4. The second kappa shape index (κ2) is 10.3. The first-order valence-electron chi connectivity index (χ1n) is 9.21. The Balaban J connectivity index is 1.97. The van der Waals surface area contributed by atoms with Crippen LogP contribution in [0.25, 0.3) is 0 Å². The fraction of sp³-hybridized carbons (Fsp3) is 0.579. The number of carbonyl (C=O) groups is 2. The zero-order chi connectivity index (χ0) is 18.9. The SMILES string of the molecule is CCCOc1c(Cl)cc(C(=O)NCCC(=O)N2CCCC2)cc1OCC. The van der Waals surface area contributed by atoms with E-state index < -0.39 is 0 Å². The van der Waals surface area contributed by atoms with Gasteiger partial charge in [-0.1, -0.05) is 18.5 Å². The van der Waals surface area contributed by atoms with Gasteiger partial charge in [-0.05, 0) is 38.3 Å². The van der Waals surface area contributed by atoms with E-state index in [4.69, 9.17) is 21.1 Å². The van der Waals surface area contributed by atoms with E-state index in [-0.39, 0.29) is 11.8 Å². The minimum absolute atomic E-state index is 0.0825. The number of hydrogen-bond acceptors (Lipinski definition) is 4. The van der Waals surface area contributed by atoms with Crippen molar-refractivity contribution < 1.29 is 19.1 Å². The average molecular weight is 383 g/mol. The Labute approximate surface area is 159 Å². The molecule has 0 atom stereocenters. The number of rotatable bonds is 9. The summed E-state index contributed by atoms with van der Waals surface area (Å²) in [7, 11) is 0. The van der Waals surface area contributed by atoms with Gasteiger partial charge in [0.05, 0.1) is 18.2 Å². The third-order valence-corrected chi connectivity index (χ3v) is 4.39. The van der Waals surface area contributed by atoms with Gasteiger partial charge in [0.15, 0.2) is 11.5 Å². The number of nitrogens with one attached hydrogen (secondary N) is 1. The van der Waals surface area contributed by atoms with Gasteiger partial charge in [-0.3, -0.25) is 9.59 Å². The fourth-order valence-electron chi connectivity index (χ4n) is 2.82. The maximum atomic E-state index is 12.4. The zero-order valence-electron chi connectivity index (χ0n) is 15.5. The van der Waals surface area contributed by atoms with E-state index in [1.807, 2.05) is 18.7 Å². The van der Waals surface area contributed by atoms with Crippen molar-refractivity contribution >= 4 is 23.4 Å². The van der Waals surface area contributed by atoms with E-state index in [9.17, 15) is 9.59 Å². The number of carbonyl (C=O) groups excluding carboxylic acids is 2. The number of hydrogen-bond donors (Lipinski definition) is 1. The predicted molar refractivity (Wildman–Crippen MR) is 101 cm³/mol. The maximum absolute atomic E-state index is 12.4. The predicted octanol–water partition coefficient (Wildman–Crippen LogP) is 3.27. The molecule has 0 aromatic heterocycles. The van der Waals surface area contributed by atoms with Crippen LogP contribution < -0.4 is 14.8 Å². The smallest absolute Gasteiger partial charge is 0.251 e. The summed E-state index contributed by atoms with van der Waals surface area (Å²) in [6, 6.07) is 3.19. The molecule has 26 heavy (non-hydrogen) atoms. The number of halogens is 1. The molecule has 1 N–H and O–H groups in total. The molecule has 0 spiro atoms. The van der Waals surface area contributed by atoms with Crippen molar-refractivity contribution in [1.82, 2.24) is 10.2 Å². The molecule has 2 rings (SSSR count). The third-order valence-electron chi connectivity index (χ3n) is 4.11. The summed E-state index contributed by atoms with van der Waals surface area (Å²) in [5.74, 6) is 0.700. The van der Waals surface area contributed by atoms with Gasteiger partial charge >= 0.3 is 0 Å². The van der Waals surface area contributed by atoms with Crippen molar-refractivity contribution in [3.63, 3.8) is 0 Å². The second-order valence-electron chi connectivity index (χ2n) is 6.16. The lowest BCUT2D eigenvalue weighted by Crippen LogP contribution is -2.32. The molecule has 144 valence electrons. The van der Waals surface area contributed by atoms with Crippen molar-refractivity contribution in [2.75, 3.05) is 32.8 Å². The summed E-state index contributed by atoms with van der Waals surface area (Å²) in [5.41, 5.74) is 0.385. The third kappa shape index (κ3) is 5.53. The van der Waals surface area contributed by atoms with Gasteiger partial charge in [-0.15, -0.1) is 0 Å². The van der Waals surface area contributed by atoms with Gasteiger partial charge < -0.3 is 19.7 Å². The maximum Gasteiger partial charge on any atom is 0.251 e. The molecule has 1 saturated heterocycles. The molecular formula is C19H27ClN2O4. The number of amides is 2. The molecule has 1 aromatic carbocycles. The molecule has 0 saturated carbocycles. The van der Waals surface area contributed by atoms with Gasteiger partial charge in [-0.2, -0.15) is 0 Å². The Bertz CT molecular complexity index is 630. The second-order valence-corrected chi connectivity index (χ2v) is 6.57. The summed E-state index contributed by atoms with van der Waals surface area (Å²) in [6.07, 6.45) is 3.26. The van der Waals surface area contributed by atoms with E-state index in [0.717, 1.165) is 32.4 Å². The van der Waals surface area contributed by atoms with Crippen LogP contribution in [0, 0.1) is 0 Å². The lowest BCUT2D eigenvalue weighted by atomic mass is 10.2. The summed E-state index contributed by atoms with van der Waals surface area (Å²) >= 11 is 6.27. The normalized spacial score (nSPS) is 13.6. The molecule has 0 unspecified atom stereocenters. The molecule has 1 fully saturated rings. The van der Waals surface area contributed by atoms with E-state index in [1.165, 1.54) is 0 Å². The number of likely N-dealkylation sites (tertiary alicyclic amines) is 1. The number of ether oxygens (including phenoxy) is 2. The van der Waals surface area contributed by atoms with Crippen LogP contribution in [0.1, 0.15) is 49.9 Å². The molecule has 0 bridgehead atoms. The zero-order valence-corrected chi connectivity index (χ0v) is 16.2. The van der Waals surface area contributed by atoms with Crippen LogP contribution in [-0.2, 0) is 4.79 Å². The Morgan fingerprint density at radius 1 is 1.19 bits per heavy atom. The highest BCUT2D eigenvalue weighted by Gasteiger charge is 2.19. The molecular weight excluding hydrogens is 356 g/mol. The summed E-state index contributed by atoms with van der Waals surface area (Å²) in [5, 5.41) is 3.11. The number of benzene rings is 1. The van der Waals surface area contributed by atoms with E-state index in [1.54, 1.807) is 12.1 Å². The monoisotopic (exact) mass is 382 g/mol. The topological polar surface area (TPSA) is 67.9 Å². The van der Waals surface area contributed by atoms with Crippen LogP contribution in [0.5, 0.6) is 11.5 Å². The highest BCUT2D eigenvalue weighted by atomic mass is 35.5. The summed E-state index contributed by atoms with van der Waals surface area (Å²) in [4.78, 5) is 26.3. The van der Waals surface area contributed by atoms with Gasteiger partial charge in [0.25, 0.3) is 5.91 Å². The molecule has 0 aliphatic carbocycles. The van der Waals surface area contributed by atoms with Crippen molar-refractivity contribution in [1.29, 1.82) is 0 Å². The molecule has 2 amide bonds. The van der Waals surface area contributed by atoms with Crippen LogP contribution in [-0.4, -0.2) is 49.6 Å². The van der Waals surface area contributed by atoms with Crippen LogP contribution in [0.3, 0.4) is 0 Å². The summed E-state index contributed by atoms with van der Waals surface area (Å²) < 4.78 is 11.2. The fourth-order valence-corrected chi connectivity index (χ4v) is 3.08. The molecule has 6 nitrogen and oxygen atoms in total. The van der Waals surface area contributed by atoms with Gasteiger partial charge in [-0.25, -0.2) is 0 Å². The van der Waals surface area contributed by atoms with Crippen molar-refractivity contribution in [2.45, 2.75) is 39.5 Å². The van der Waals surface area contributed by atoms with Crippen LogP contribution in [0.4, 0.5) is 0 Å². The summed E-state index contributed by atoms with van der Waals surface area (Å²) in [6.45, 7) is 6.74. The van der Waals surface area contributed by atoms with E-state index >= 15 is 0 Å². The molecule has 1 aliphatic heterocycles. The molecule has 1 heterocycles. The van der Waals surface area contributed by atoms with E-state index in [2.05, 4.69) is 5.32 Å². The minimum Gasteiger partial charge on any atom is -0.490 e. The van der Waals surface area contributed by atoms with Crippen LogP contribution >= 0.6 is 11.6 Å². The molecule has 7 heteroatoms. The highest BCUT2D eigenvalue weighted by Crippen LogP contribution is 2.36. The van der Waals surface area contributed by atoms with Crippen molar-refractivity contribution in [3.05, 3.63) is 22.7 Å². The Morgan fingerprint density at radius 3 is 2.58 bits per heavy atom. The number of nitrogens with zero attached hydrogens (tertiary/aromatic N) is 1. The molecule has 1 aliphatic rings. The molecule has 1 aromatic rings. The van der Waals surface area contributed by atoms with Crippen molar-refractivity contribution in [3.8, 4) is 11.5 Å². The minimum atomic E-state index is -0.288. The van der Waals surface area contributed by atoms with E-state index in [0.29, 0.717) is 48.3 Å². The Hall–Kier alpha value is -1.95. The Morgan fingerprint density at radius 2 is 1.92 bits per heavy atom. The largest absolute Gasteiger partial charge is 0.490 e. The highest BCUT2D eigenvalue weighted by molar-refractivity contribution is 6.32. The van der Waals surface area contributed by atoms with Gasteiger partial charge in [0.1, 0.15) is 0 Å². The first-order chi connectivity index (χ1) is 12.6. The Kier molecular flexibility index (Phi) is 8.04. The first-order valence-corrected chi connectivity index (χ1v) is 9.59. The van der Waals surface area contributed by atoms with Crippen LogP contribution in [0.15, 0.2) is 12.1 Å².